The molecule has 0 amide bonds. The van der Waals surface area contributed by atoms with E-state index >= 15 is 0 Å². The third-order valence-electron chi connectivity index (χ3n) is 2.77. The maximum absolute atomic E-state index is 13.4. The van der Waals surface area contributed by atoms with Gasteiger partial charge in [0.1, 0.15) is 11.6 Å². The van der Waals surface area contributed by atoms with Gasteiger partial charge in [0.25, 0.3) is 0 Å². The molecule has 0 aliphatic rings. The zero-order valence-corrected chi connectivity index (χ0v) is 13.1. The minimum Gasteiger partial charge on any atom is -0.497 e. The van der Waals surface area contributed by atoms with E-state index in [1.807, 2.05) is 6.07 Å². The molecule has 0 fully saturated rings. The first-order valence-electron chi connectivity index (χ1n) is 5.77. The summed E-state index contributed by atoms with van der Waals surface area (Å²) in [6.45, 7) is 0. The van der Waals surface area contributed by atoms with Crippen LogP contribution in [-0.2, 0) is 16.6 Å². The lowest BCUT2D eigenvalue weighted by Crippen LogP contribution is -2.00. The zero-order valence-electron chi connectivity index (χ0n) is 10.7. The van der Waals surface area contributed by atoms with Crippen LogP contribution in [0, 0.1) is 5.82 Å². The summed E-state index contributed by atoms with van der Waals surface area (Å²) >= 11 is 3.40. The van der Waals surface area contributed by atoms with Crippen molar-refractivity contribution in [3.05, 3.63) is 52.3 Å². The normalized spacial score (nSPS) is 12.2. The van der Waals surface area contributed by atoms with E-state index in [-0.39, 0.29) is 11.4 Å². The van der Waals surface area contributed by atoms with Gasteiger partial charge >= 0.3 is 0 Å². The Morgan fingerprint density at radius 3 is 2.70 bits per heavy atom. The van der Waals surface area contributed by atoms with E-state index in [0.717, 1.165) is 10.0 Å². The van der Waals surface area contributed by atoms with Crippen LogP contribution in [-0.4, -0.2) is 11.3 Å². The lowest BCUT2D eigenvalue weighted by atomic mass is 10.2. The maximum atomic E-state index is 13.4. The highest BCUT2D eigenvalue weighted by Crippen LogP contribution is 2.25. The minimum atomic E-state index is -1.35. The van der Waals surface area contributed by atoms with Gasteiger partial charge in [-0.05, 0) is 42.0 Å². The standard InChI is InChI=1S/C14H13BrFNO2S/c1-19-10-2-4-12(15)9(6-10)8-20(18)11-3-5-14(17)13(16)7-11/h2-7H,8,17H2,1H3. The summed E-state index contributed by atoms with van der Waals surface area (Å²) < 4.78 is 31.6. The molecule has 0 saturated heterocycles. The highest BCUT2D eigenvalue weighted by atomic mass is 79.9. The van der Waals surface area contributed by atoms with Crippen molar-refractivity contribution in [2.45, 2.75) is 10.6 Å². The van der Waals surface area contributed by atoms with Crippen molar-refractivity contribution in [1.82, 2.24) is 0 Å². The van der Waals surface area contributed by atoms with Crippen molar-refractivity contribution in [1.29, 1.82) is 0 Å². The van der Waals surface area contributed by atoms with E-state index in [2.05, 4.69) is 15.9 Å². The lowest BCUT2D eigenvalue weighted by Gasteiger charge is -2.08. The molecule has 1 unspecified atom stereocenters. The van der Waals surface area contributed by atoms with E-state index in [4.69, 9.17) is 10.5 Å². The summed E-state index contributed by atoms with van der Waals surface area (Å²) in [5.74, 6) is 0.394. The SMILES string of the molecule is COc1ccc(Br)c(CS(=O)c2ccc(N)c(F)c2)c1. The third kappa shape index (κ3) is 3.37. The molecule has 2 rings (SSSR count). The predicted octanol–water partition coefficient (Wildman–Crippen LogP) is 3.49. The van der Waals surface area contributed by atoms with Gasteiger partial charge in [0.15, 0.2) is 0 Å². The number of benzene rings is 2. The molecule has 0 aliphatic carbocycles. The summed E-state index contributed by atoms with van der Waals surface area (Å²) in [6.07, 6.45) is 0. The average Bonchev–Trinajstić information content (AvgIpc) is 2.44. The zero-order chi connectivity index (χ0) is 14.7. The number of ether oxygens (including phenoxy) is 1. The Kier molecular flexibility index (Phi) is 4.77. The number of anilines is 1. The number of halogens is 2. The quantitative estimate of drug-likeness (QED) is 0.852. The molecule has 0 bridgehead atoms. The molecule has 3 nitrogen and oxygen atoms in total. The summed E-state index contributed by atoms with van der Waals surface area (Å²) in [4.78, 5) is 0.409. The molecule has 106 valence electrons. The van der Waals surface area contributed by atoms with Crippen molar-refractivity contribution in [2.24, 2.45) is 0 Å². The molecule has 2 aromatic carbocycles. The Bertz CT molecular complexity index is 664. The molecule has 6 heteroatoms. The number of rotatable bonds is 4. The topological polar surface area (TPSA) is 52.3 Å². The van der Waals surface area contributed by atoms with Crippen molar-refractivity contribution in [3.8, 4) is 5.75 Å². The Morgan fingerprint density at radius 1 is 1.30 bits per heavy atom. The fourth-order valence-electron chi connectivity index (χ4n) is 1.66. The number of methoxy groups -OCH3 is 1. The van der Waals surface area contributed by atoms with Gasteiger partial charge in [0, 0.05) is 9.37 Å². The summed E-state index contributed by atoms with van der Waals surface area (Å²) in [6, 6.07) is 9.63. The van der Waals surface area contributed by atoms with Crippen LogP contribution < -0.4 is 10.5 Å². The smallest absolute Gasteiger partial charge is 0.147 e. The largest absolute Gasteiger partial charge is 0.497 e. The predicted molar refractivity (Wildman–Crippen MR) is 81.6 cm³/mol. The van der Waals surface area contributed by atoms with E-state index < -0.39 is 16.6 Å². The number of nitrogens with two attached hydrogens (primary N) is 1. The fraction of sp³-hybridized carbons (Fsp3) is 0.143. The molecular formula is C14H13BrFNO2S. The highest BCUT2D eigenvalue weighted by Gasteiger charge is 2.11. The second-order valence-electron chi connectivity index (χ2n) is 4.13. The highest BCUT2D eigenvalue weighted by molar-refractivity contribution is 9.10. The van der Waals surface area contributed by atoms with Gasteiger partial charge in [-0.25, -0.2) is 4.39 Å². The molecule has 20 heavy (non-hydrogen) atoms. The molecule has 0 aromatic heterocycles. The minimum absolute atomic E-state index is 0.0494. The molecule has 2 N–H and O–H groups in total. The van der Waals surface area contributed by atoms with Crippen LogP contribution >= 0.6 is 15.9 Å². The molecule has 2 aromatic rings. The van der Waals surface area contributed by atoms with Crippen molar-refractivity contribution >= 4 is 32.4 Å². The van der Waals surface area contributed by atoms with Crippen LogP contribution in [0.4, 0.5) is 10.1 Å². The average molecular weight is 358 g/mol. The Balaban J connectivity index is 2.25. The maximum Gasteiger partial charge on any atom is 0.147 e. The second kappa shape index (κ2) is 6.37. The van der Waals surface area contributed by atoms with E-state index in [1.54, 1.807) is 25.3 Å². The summed E-state index contributed by atoms with van der Waals surface area (Å²) in [5, 5.41) is 0. The molecule has 0 spiro atoms. The van der Waals surface area contributed by atoms with Crippen LogP contribution in [0.15, 0.2) is 45.8 Å². The van der Waals surface area contributed by atoms with E-state index in [1.165, 1.54) is 12.1 Å². The molecule has 0 aliphatic heterocycles. The van der Waals surface area contributed by atoms with E-state index in [0.29, 0.717) is 10.6 Å². The second-order valence-corrected chi connectivity index (χ2v) is 6.44. The van der Waals surface area contributed by atoms with Crippen LogP contribution in [0.3, 0.4) is 0 Å². The first-order chi connectivity index (χ1) is 9.51. The Labute approximate surface area is 127 Å². The Hall–Kier alpha value is -1.40. The van der Waals surface area contributed by atoms with Crippen LogP contribution in [0.1, 0.15) is 5.56 Å². The van der Waals surface area contributed by atoms with Crippen molar-refractivity contribution < 1.29 is 13.3 Å². The molecular weight excluding hydrogens is 345 g/mol. The number of hydrogen-bond acceptors (Lipinski definition) is 3. The molecule has 0 saturated carbocycles. The van der Waals surface area contributed by atoms with Gasteiger partial charge in [0.2, 0.25) is 0 Å². The van der Waals surface area contributed by atoms with Gasteiger partial charge in [-0.3, -0.25) is 4.21 Å². The van der Waals surface area contributed by atoms with Gasteiger partial charge < -0.3 is 10.5 Å². The molecule has 0 heterocycles. The van der Waals surface area contributed by atoms with Gasteiger partial charge in [0.05, 0.1) is 29.3 Å². The van der Waals surface area contributed by atoms with Crippen LogP contribution in [0.5, 0.6) is 5.75 Å². The number of nitrogen functional groups attached to an aromatic ring is 1. The van der Waals surface area contributed by atoms with Crippen LogP contribution in [0.25, 0.3) is 0 Å². The fourth-order valence-corrected chi connectivity index (χ4v) is 3.38. The van der Waals surface area contributed by atoms with Gasteiger partial charge in [-0.2, -0.15) is 0 Å². The van der Waals surface area contributed by atoms with Crippen LogP contribution in [0.2, 0.25) is 0 Å². The monoisotopic (exact) mass is 357 g/mol. The third-order valence-corrected chi connectivity index (χ3v) is 4.90. The Morgan fingerprint density at radius 2 is 2.05 bits per heavy atom. The first kappa shape index (κ1) is 15.0. The van der Waals surface area contributed by atoms with E-state index in [9.17, 15) is 8.60 Å². The van der Waals surface area contributed by atoms with Gasteiger partial charge in [-0.15, -0.1) is 0 Å². The van der Waals surface area contributed by atoms with Gasteiger partial charge in [-0.1, -0.05) is 15.9 Å². The number of hydrogen-bond donors (Lipinski definition) is 1. The summed E-state index contributed by atoms with van der Waals surface area (Å²) in [7, 11) is 0.214. The lowest BCUT2D eigenvalue weighted by molar-refractivity contribution is 0.414. The first-order valence-corrected chi connectivity index (χ1v) is 7.88. The molecule has 1 atom stereocenters. The van der Waals surface area contributed by atoms with Crippen molar-refractivity contribution in [3.63, 3.8) is 0 Å². The van der Waals surface area contributed by atoms with Crippen molar-refractivity contribution in [2.75, 3.05) is 12.8 Å². The molecule has 0 radical (unpaired) electrons. The summed E-state index contributed by atoms with van der Waals surface area (Å²) in [5.41, 5.74) is 6.29.